The fourth-order valence-electron chi connectivity index (χ4n) is 2.16. The molecule has 4 nitrogen and oxygen atoms in total. The van der Waals surface area contributed by atoms with E-state index < -0.39 is 11.9 Å². The number of amides is 3. The molecule has 0 unspecified atom stereocenters. The van der Waals surface area contributed by atoms with Crippen molar-refractivity contribution in [2.45, 2.75) is 0 Å². The molecule has 0 aromatic heterocycles. The molecule has 1 N–H and O–H groups in total. The highest BCUT2D eigenvalue weighted by Gasteiger charge is 2.35. The predicted molar refractivity (Wildman–Crippen MR) is 91.9 cm³/mol. The van der Waals surface area contributed by atoms with Gasteiger partial charge in [-0.1, -0.05) is 46.9 Å². The van der Waals surface area contributed by atoms with Crippen molar-refractivity contribution in [1.29, 1.82) is 0 Å². The van der Waals surface area contributed by atoms with Crippen LogP contribution in [0.1, 0.15) is 5.56 Å². The summed E-state index contributed by atoms with van der Waals surface area (Å²) in [5, 5.41) is 3.83. The Hall–Kier alpha value is -2.01. The van der Waals surface area contributed by atoms with Crippen LogP contribution >= 0.6 is 34.8 Å². The Labute approximate surface area is 147 Å². The van der Waals surface area contributed by atoms with Crippen molar-refractivity contribution in [2.24, 2.45) is 0 Å². The second-order valence-electron chi connectivity index (χ2n) is 4.77. The van der Waals surface area contributed by atoms with Gasteiger partial charge >= 0.3 is 6.03 Å². The summed E-state index contributed by atoms with van der Waals surface area (Å²) < 4.78 is 0. The number of anilines is 1. The number of hydrogen-bond donors (Lipinski definition) is 1. The molecule has 1 saturated heterocycles. The molecule has 1 heterocycles. The highest BCUT2D eigenvalue weighted by molar-refractivity contribution is 6.36. The molecule has 0 aliphatic carbocycles. The Morgan fingerprint density at radius 1 is 0.957 bits per heavy atom. The van der Waals surface area contributed by atoms with E-state index in [0.29, 0.717) is 26.3 Å². The molecule has 1 fully saturated rings. The molecule has 1 aliphatic rings. The molecular formula is C16H9Cl3N2O2. The van der Waals surface area contributed by atoms with Crippen LogP contribution in [0.3, 0.4) is 0 Å². The van der Waals surface area contributed by atoms with Gasteiger partial charge in [0.1, 0.15) is 5.70 Å². The van der Waals surface area contributed by atoms with Crippen LogP contribution in [0, 0.1) is 0 Å². The Morgan fingerprint density at radius 2 is 1.70 bits per heavy atom. The van der Waals surface area contributed by atoms with Crippen LogP contribution in [0.25, 0.3) is 6.08 Å². The van der Waals surface area contributed by atoms with Crippen LogP contribution in [0.2, 0.25) is 15.1 Å². The second-order valence-corrected chi connectivity index (χ2v) is 6.05. The number of urea groups is 1. The standard InChI is InChI=1S/C16H9Cl3N2O2/c17-10-2-1-3-12(7-10)21-15(22)14(20-16(21)23)6-9-4-5-11(18)8-13(9)19/h1-8H,(H,20,23)/b14-6+. The average Bonchev–Trinajstić information content (AvgIpc) is 2.76. The van der Waals surface area contributed by atoms with E-state index in [1.54, 1.807) is 36.4 Å². The Kier molecular flexibility index (Phi) is 4.31. The van der Waals surface area contributed by atoms with E-state index in [2.05, 4.69) is 5.32 Å². The maximum Gasteiger partial charge on any atom is 0.333 e. The van der Waals surface area contributed by atoms with Crippen molar-refractivity contribution in [3.63, 3.8) is 0 Å². The van der Waals surface area contributed by atoms with Crippen molar-refractivity contribution >= 4 is 58.5 Å². The van der Waals surface area contributed by atoms with Gasteiger partial charge in [0.2, 0.25) is 0 Å². The number of nitrogens with one attached hydrogen (secondary N) is 1. The van der Waals surface area contributed by atoms with E-state index >= 15 is 0 Å². The lowest BCUT2D eigenvalue weighted by Crippen LogP contribution is -2.30. The smallest absolute Gasteiger partial charge is 0.302 e. The first-order valence-corrected chi connectivity index (χ1v) is 7.67. The van der Waals surface area contributed by atoms with Gasteiger partial charge in [0.05, 0.1) is 5.69 Å². The zero-order valence-corrected chi connectivity index (χ0v) is 13.8. The zero-order chi connectivity index (χ0) is 16.6. The predicted octanol–water partition coefficient (Wildman–Crippen LogP) is 4.74. The second kappa shape index (κ2) is 6.24. The van der Waals surface area contributed by atoms with Crippen LogP contribution in [-0.4, -0.2) is 11.9 Å². The molecule has 2 aromatic carbocycles. The maximum atomic E-state index is 12.5. The fraction of sp³-hybridized carbons (Fsp3) is 0. The summed E-state index contributed by atoms with van der Waals surface area (Å²) in [7, 11) is 0. The highest BCUT2D eigenvalue weighted by atomic mass is 35.5. The van der Waals surface area contributed by atoms with Gasteiger partial charge in [-0.3, -0.25) is 4.79 Å². The molecular weight excluding hydrogens is 359 g/mol. The van der Waals surface area contributed by atoms with E-state index in [0.717, 1.165) is 4.90 Å². The van der Waals surface area contributed by atoms with Gasteiger partial charge in [0.15, 0.2) is 0 Å². The molecule has 0 bridgehead atoms. The zero-order valence-electron chi connectivity index (χ0n) is 11.5. The Bertz CT molecular complexity index is 849. The first-order chi connectivity index (χ1) is 11.0. The first-order valence-electron chi connectivity index (χ1n) is 6.53. The number of carbonyl (C=O) groups is 2. The van der Waals surface area contributed by atoms with Crippen LogP contribution in [0.15, 0.2) is 48.2 Å². The minimum atomic E-state index is -0.548. The fourth-order valence-corrected chi connectivity index (χ4v) is 2.81. The molecule has 116 valence electrons. The van der Waals surface area contributed by atoms with Crippen LogP contribution < -0.4 is 10.2 Å². The summed E-state index contributed by atoms with van der Waals surface area (Å²) in [5.74, 6) is -0.483. The molecule has 7 heteroatoms. The van der Waals surface area contributed by atoms with Crippen molar-refractivity contribution in [2.75, 3.05) is 4.90 Å². The summed E-state index contributed by atoms with van der Waals surface area (Å²) in [6.07, 6.45) is 1.50. The van der Waals surface area contributed by atoms with E-state index in [-0.39, 0.29) is 5.70 Å². The molecule has 23 heavy (non-hydrogen) atoms. The Balaban J connectivity index is 1.96. The molecule has 1 aliphatic heterocycles. The quantitative estimate of drug-likeness (QED) is 0.615. The molecule has 0 radical (unpaired) electrons. The lowest BCUT2D eigenvalue weighted by atomic mass is 10.2. The van der Waals surface area contributed by atoms with Crippen LogP contribution in [0.5, 0.6) is 0 Å². The van der Waals surface area contributed by atoms with Gasteiger partial charge in [-0.05, 0) is 42.0 Å². The maximum absolute atomic E-state index is 12.5. The Morgan fingerprint density at radius 3 is 2.39 bits per heavy atom. The topological polar surface area (TPSA) is 49.4 Å². The molecule has 2 aromatic rings. The van der Waals surface area contributed by atoms with Gasteiger partial charge in [-0.15, -0.1) is 0 Å². The van der Waals surface area contributed by atoms with E-state index in [4.69, 9.17) is 34.8 Å². The first kappa shape index (κ1) is 15.9. The number of rotatable bonds is 2. The number of halogens is 3. The summed E-state index contributed by atoms with van der Waals surface area (Å²) in [5.41, 5.74) is 1.09. The molecule has 0 spiro atoms. The van der Waals surface area contributed by atoms with Gasteiger partial charge in [-0.2, -0.15) is 0 Å². The molecule has 3 rings (SSSR count). The average molecular weight is 368 g/mol. The van der Waals surface area contributed by atoms with Gasteiger partial charge in [-0.25, -0.2) is 9.69 Å². The van der Waals surface area contributed by atoms with Gasteiger partial charge in [0, 0.05) is 15.1 Å². The molecule has 0 saturated carbocycles. The van der Waals surface area contributed by atoms with Crippen molar-refractivity contribution in [3.05, 3.63) is 68.8 Å². The lowest BCUT2D eigenvalue weighted by molar-refractivity contribution is -0.113. The minimum Gasteiger partial charge on any atom is -0.302 e. The number of benzene rings is 2. The summed E-state index contributed by atoms with van der Waals surface area (Å²) in [6.45, 7) is 0. The van der Waals surface area contributed by atoms with Crippen molar-refractivity contribution in [3.8, 4) is 0 Å². The van der Waals surface area contributed by atoms with E-state index in [9.17, 15) is 9.59 Å². The normalized spacial score (nSPS) is 16.1. The lowest BCUT2D eigenvalue weighted by Gasteiger charge is -2.11. The van der Waals surface area contributed by atoms with E-state index in [1.807, 2.05) is 0 Å². The minimum absolute atomic E-state index is 0.124. The monoisotopic (exact) mass is 366 g/mol. The number of hydrogen-bond acceptors (Lipinski definition) is 2. The number of imide groups is 1. The van der Waals surface area contributed by atoms with E-state index in [1.165, 1.54) is 12.1 Å². The third-order valence-corrected chi connectivity index (χ3v) is 4.00. The van der Waals surface area contributed by atoms with Crippen LogP contribution in [0.4, 0.5) is 10.5 Å². The van der Waals surface area contributed by atoms with Crippen molar-refractivity contribution in [1.82, 2.24) is 5.32 Å². The third kappa shape index (κ3) is 3.20. The molecule has 0 atom stereocenters. The van der Waals surface area contributed by atoms with Gasteiger partial charge in [0.25, 0.3) is 5.91 Å². The largest absolute Gasteiger partial charge is 0.333 e. The van der Waals surface area contributed by atoms with Gasteiger partial charge < -0.3 is 5.32 Å². The van der Waals surface area contributed by atoms with Crippen molar-refractivity contribution < 1.29 is 9.59 Å². The number of nitrogens with zero attached hydrogens (tertiary/aromatic N) is 1. The summed E-state index contributed by atoms with van der Waals surface area (Å²) in [4.78, 5) is 25.6. The summed E-state index contributed by atoms with van der Waals surface area (Å²) in [6, 6.07) is 10.8. The third-order valence-electron chi connectivity index (χ3n) is 3.21. The molecule has 3 amide bonds. The highest BCUT2D eigenvalue weighted by Crippen LogP contribution is 2.27. The van der Waals surface area contributed by atoms with Crippen LogP contribution in [-0.2, 0) is 4.79 Å². The SMILES string of the molecule is O=C1N/C(=C/c2ccc(Cl)cc2Cl)C(=O)N1c1cccc(Cl)c1. The summed E-state index contributed by atoms with van der Waals surface area (Å²) >= 11 is 17.8. The number of carbonyl (C=O) groups excluding carboxylic acids is 2.